The Morgan fingerprint density at radius 2 is 1.96 bits per heavy atom. The van der Waals surface area contributed by atoms with Crippen molar-refractivity contribution in [3.8, 4) is 11.4 Å². The van der Waals surface area contributed by atoms with Crippen molar-refractivity contribution in [1.29, 1.82) is 0 Å². The molecule has 0 bridgehead atoms. The largest absolute Gasteiger partial charge is 0.416 e. The van der Waals surface area contributed by atoms with E-state index in [2.05, 4.69) is 22.3 Å². The molecule has 6 nitrogen and oxygen atoms in total. The van der Waals surface area contributed by atoms with Gasteiger partial charge >= 0.3 is 6.18 Å². The Balaban J connectivity index is 1.76. The first-order valence-corrected chi connectivity index (χ1v) is 8.51. The number of hydrogen-bond donors (Lipinski definition) is 0. The van der Waals surface area contributed by atoms with Crippen LogP contribution in [0.4, 0.5) is 13.2 Å². The van der Waals surface area contributed by atoms with Crippen molar-refractivity contribution in [2.45, 2.75) is 38.9 Å². The number of carbonyl (C=O) groups is 1. The fraction of sp³-hybridized carbons (Fsp3) is 0.529. The number of hydrogen-bond acceptors (Lipinski definition) is 4. The van der Waals surface area contributed by atoms with Crippen LogP contribution in [0.25, 0.3) is 11.4 Å². The number of alkyl halides is 3. The summed E-state index contributed by atoms with van der Waals surface area (Å²) in [5.74, 6) is 0.555. The van der Waals surface area contributed by atoms with Gasteiger partial charge in [-0.1, -0.05) is 19.1 Å². The zero-order valence-electron chi connectivity index (χ0n) is 14.6. The Hall–Kier alpha value is -2.45. The molecule has 9 heteroatoms. The third-order valence-electron chi connectivity index (χ3n) is 4.68. The summed E-state index contributed by atoms with van der Waals surface area (Å²) in [5.41, 5.74) is -0.574. The summed E-state index contributed by atoms with van der Waals surface area (Å²) in [6, 6.07) is 4.07. The predicted molar refractivity (Wildman–Crippen MR) is 87.9 cm³/mol. The van der Waals surface area contributed by atoms with Crippen molar-refractivity contribution >= 4 is 5.91 Å². The lowest BCUT2D eigenvalue weighted by molar-refractivity contribution is -0.137. The van der Waals surface area contributed by atoms with E-state index in [0.29, 0.717) is 19.0 Å². The normalized spacial score (nSPS) is 17.3. The lowest BCUT2D eigenvalue weighted by Gasteiger charge is -2.31. The molecule has 1 unspecified atom stereocenters. The maximum Gasteiger partial charge on any atom is 0.416 e. The van der Waals surface area contributed by atoms with Crippen LogP contribution in [0.5, 0.6) is 0 Å². The van der Waals surface area contributed by atoms with Gasteiger partial charge in [0.05, 0.1) is 5.56 Å². The smallest absolute Gasteiger partial charge is 0.341 e. The molecule has 1 aromatic carbocycles. The van der Waals surface area contributed by atoms with Gasteiger partial charge in [-0.2, -0.15) is 18.0 Å². The highest BCUT2D eigenvalue weighted by atomic mass is 19.4. The Morgan fingerprint density at radius 3 is 2.62 bits per heavy atom. The van der Waals surface area contributed by atoms with Crippen molar-refractivity contribution in [2.75, 3.05) is 13.1 Å². The van der Waals surface area contributed by atoms with Gasteiger partial charge < -0.3 is 4.90 Å². The fourth-order valence-corrected chi connectivity index (χ4v) is 2.93. The van der Waals surface area contributed by atoms with Crippen LogP contribution in [0.1, 0.15) is 38.3 Å². The van der Waals surface area contributed by atoms with Gasteiger partial charge in [0.25, 0.3) is 0 Å². The number of tetrazole rings is 1. The minimum absolute atomic E-state index is 0.0583. The maximum absolute atomic E-state index is 12.8. The number of halogens is 3. The van der Waals surface area contributed by atoms with Crippen molar-refractivity contribution in [3.05, 3.63) is 29.8 Å². The summed E-state index contributed by atoms with van der Waals surface area (Å²) in [6.45, 7) is 5.21. The molecule has 140 valence electrons. The molecule has 0 N–H and O–H groups in total. The molecule has 1 atom stereocenters. The zero-order valence-corrected chi connectivity index (χ0v) is 14.6. The second kappa shape index (κ2) is 7.05. The highest BCUT2D eigenvalue weighted by Crippen LogP contribution is 2.31. The van der Waals surface area contributed by atoms with E-state index in [1.54, 1.807) is 11.8 Å². The van der Waals surface area contributed by atoms with E-state index in [-0.39, 0.29) is 17.3 Å². The lowest BCUT2D eigenvalue weighted by Crippen LogP contribution is -2.41. The number of piperidine rings is 1. The topological polar surface area (TPSA) is 63.9 Å². The molecule has 1 fully saturated rings. The van der Waals surface area contributed by atoms with Crippen LogP contribution < -0.4 is 0 Å². The van der Waals surface area contributed by atoms with Crippen molar-refractivity contribution < 1.29 is 18.0 Å². The predicted octanol–water partition coefficient (Wildman–Crippen LogP) is 3.18. The van der Waals surface area contributed by atoms with Crippen LogP contribution in [-0.2, 0) is 11.0 Å². The summed E-state index contributed by atoms with van der Waals surface area (Å²) < 4.78 is 38.5. The molecule has 3 rings (SSSR count). The molecule has 1 aromatic heterocycles. The summed E-state index contributed by atoms with van der Waals surface area (Å²) in [4.78, 5) is 15.5. The van der Waals surface area contributed by atoms with Gasteiger partial charge in [-0.15, -0.1) is 10.2 Å². The minimum atomic E-state index is -4.44. The molecule has 1 saturated heterocycles. The van der Waals surface area contributed by atoms with Crippen LogP contribution in [-0.4, -0.2) is 44.1 Å². The van der Waals surface area contributed by atoms with Crippen LogP contribution in [0.2, 0.25) is 0 Å². The van der Waals surface area contributed by atoms with E-state index in [1.165, 1.54) is 12.1 Å². The monoisotopic (exact) mass is 367 g/mol. The van der Waals surface area contributed by atoms with Crippen LogP contribution >= 0.6 is 0 Å². The number of aromatic nitrogens is 4. The number of benzene rings is 1. The first-order chi connectivity index (χ1) is 12.3. The second-order valence-electron chi connectivity index (χ2n) is 6.70. The summed E-state index contributed by atoms with van der Waals surface area (Å²) in [7, 11) is 0. The molecular weight excluding hydrogens is 347 g/mol. The molecule has 0 aliphatic carbocycles. The van der Waals surface area contributed by atoms with Gasteiger partial charge in [0.2, 0.25) is 11.7 Å². The highest BCUT2D eigenvalue weighted by Gasteiger charge is 2.31. The highest BCUT2D eigenvalue weighted by molar-refractivity contribution is 5.80. The number of nitrogens with zero attached hydrogens (tertiary/aromatic N) is 5. The van der Waals surface area contributed by atoms with E-state index in [1.807, 2.05) is 0 Å². The van der Waals surface area contributed by atoms with Gasteiger partial charge in [-0.3, -0.25) is 4.79 Å². The van der Waals surface area contributed by atoms with E-state index < -0.39 is 17.8 Å². The van der Waals surface area contributed by atoms with Gasteiger partial charge in [-0.05, 0) is 43.0 Å². The molecule has 0 radical (unpaired) electrons. The van der Waals surface area contributed by atoms with E-state index in [4.69, 9.17) is 0 Å². The molecule has 0 saturated carbocycles. The van der Waals surface area contributed by atoms with Crippen LogP contribution in [0, 0.1) is 5.92 Å². The molecule has 1 amide bonds. The Kier molecular flexibility index (Phi) is 4.97. The molecule has 2 aromatic rings. The molecule has 1 aliphatic heterocycles. The number of carbonyl (C=O) groups excluding carboxylic acids is 1. The Morgan fingerprint density at radius 1 is 1.27 bits per heavy atom. The molecule has 2 heterocycles. The van der Waals surface area contributed by atoms with Crippen molar-refractivity contribution in [2.24, 2.45) is 5.92 Å². The van der Waals surface area contributed by atoms with E-state index in [9.17, 15) is 18.0 Å². The quantitative estimate of drug-likeness (QED) is 0.836. The molecular formula is C17H20F3N5O. The summed E-state index contributed by atoms with van der Waals surface area (Å²) in [6.07, 6.45) is -2.53. The van der Waals surface area contributed by atoms with Crippen molar-refractivity contribution in [1.82, 2.24) is 25.1 Å². The van der Waals surface area contributed by atoms with Gasteiger partial charge in [0, 0.05) is 18.7 Å². The van der Waals surface area contributed by atoms with Crippen LogP contribution in [0.3, 0.4) is 0 Å². The third-order valence-corrected chi connectivity index (χ3v) is 4.68. The minimum Gasteiger partial charge on any atom is -0.341 e. The van der Waals surface area contributed by atoms with Gasteiger partial charge in [0.1, 0.15) is 6.04 Å². The SMILES string of the molecule is CC1CCN(C(=O)C(C)n2nnc(-c3cccc(C(F)(F)F)c3)n2)CC1. The van der Waals surface area contributed by atoms with E-state index in [0.717, 1.165) is 29.8 Å². The number of amides is 1. The van der Waals surface area contributed by atoms with Gasteiger partial charge in [-0.25, -0.2) is 0 Å². The van der Waals surface area contributed by atoms with Crippen molar-refractivity contribution in [3.63, 3.8) is 0 Å². The average molecular weight is 367 g/mol. The third kappa shape index (κ3) is 3.86. The zero-order chi connectivity index (χ0) is 18.9. The Bertz CT molecular complexity index is 781. The number of rotatable bonds is 3. The fourth-order valence-electron chi connectivity index (χ4n) is 2.93. The number of likely N-dealkylation sites (tertiary alicyclic amines) is 1. The lowest BCUT2D eigenvalue weighted by atomic mass is 9.99. The molecule has 26 heavy (non-hydrogen) atoms. The molecule has 1 aliphatic rings. The maximum atomic E-state index is 12.8. The first kappa shape index (κ1) is 18.3. The Labute approximate surface area is 149 Å². The summed E-state index contributed by atoms with van der Waals surface area (Å²) >= 11 is 0. The van der Waals surface area contributed by atoms with Gasteiger partial charge in [0.15, 0.2) is 0 Å². The first-order valence-electron chi connectivity index (χ1n) is 8.51. The second-order valence-corrected chi connectivity index (χ2v) is 6.70. The van der Waals surface area contributed by atoms with Crippen LogP contribution in [0.15, 0.2) is 24.3 Å². The summed E-state index contributed by atoms with van der Waals surface area (Å²) in [5, 5.41) is 11.8. The molecule has 0 spiro atoms. The van der Waals surface area contributed by atoms with E-state index >= 15 is 0 Å². The standard InChI is InChI=1S/C17H20F3N5O/c1-11-6-8-24(9-7-11)16(26)12(2)25-22-15(21-23-25)13-4-3-5-14(10-13)17(18,19)20/h3-5,10-12H,6-9H2,1-2H3. The average Bonchev–Trinajstić information content (AvgIpc) is 3.10.